The van der Waals surface area contributed by atoms with Crippen molar-refractivity contribution in [2.45, 2.75) is 45.3 Å². The predicted octanol–water partition coefficient (Wildman–Crippen LogP) is 0.777. The highest BCUT2D eigenvalue weighted by Gasteiger charge is 2.20. The zero-order valence-corrected chi connectivity index (χ0v) is 11.1. The first-order chi connectivity index (χ1) is 8.15. The van der Waals surface area contributed by atoms with Crippen molar-refractivity contribution in [3.8, 4) is 0 Å². The minimum absolute atomic E-state index is 0.619. The SMILES string of the molecule is CC(C)N1CCC(NCc2ncn(C)n2)CC1. The van der Waals surface area contributed by atoms with Crippen LogP contribution in [0, 0.1) is 0 Å². The molecule has 1 aromatic rings. The van der Waals surface area contributed by atoms with Gasteiger partial charge in [-0.25, -0.2) is 4.98 Å². The van der Waals surface area contributed by atoms with E-state index in [-0.39, 0.29) is 0 Å². The molecule has 2 heterocycles. The van der Waals surface area contributed by atoms with E-state index in [1.54, 1.807) is 11.0 Å². The highest BCUT2D eigenvalue weighted by atomic mass is 15.3. The molecular weight excluding hydrogens is 214 g/mol. The molecule has 0 aromatic carbocycles. The van der Waals surface area contributed by atoms with Gasteiger partial charge in [-0.2, -0.15) is 5.10 Å². The summed E-state index contributed by atoms with van der Waals surface area (Å²) in [6.07, 6.45) is 4.20. The minimum Gasteiger partial charge on any atom is -0.307 e. The molecule has 0 aliphatic carbocycles. The fraction of sp³-hybridized carbons (Fsp3) is 0.833. The van der Waals surface area contributed by atoms with E-state index < -0.39 is 0 Å². The number of nitrogens with zero attached hydrogens (tertiary/aromatic N) is 4. The number of likely N-dealkylation sites (tertiary alicyclic amines) is 1. The van der Waals surface area contributed by atoms with Gasteiger partial charge in [-0.05, 0) is 39.8 Å². The van der Waals surface area contributed by atoms with Crippen molar-refractivity contribution in [1.82, 2.24) is 25.0 Å². The van der Waals surface area contributed by atoms with Crippen LogP contribution in [-0.2, 0) is 13.6 Å². The molecule has 1 aromatic heterocycles. The molecule has 0 atom stereocenters. The van der Waals surface area contributed by atoms with Crippen LogP contribution in [0.5, 0.6) is 0 Å². The van der Waals surface area contributed by atoms with Gasteiger partial charge in [0.25, 0.3) is 0 Å². The van der Waals surface area contributed by atoms with Gasteiger partial charge in [0.1, 0.15) is 6.33 Å². The molecule has 2 rings (SSSR count). The Hall–Kier alpha value is -0.940. The monoisotopic (exact) mass is 237 g/mol. The standard InChI is InChI=1S/C12H23N5/c1-10(2)17-6-4-11(5-7-17)13-8-12-14-9-16(3)15-12/h9-11,13H,4-8H2,1-3H3. The molecule has 1 fully saturated rings. The number of aromatic nitrogens is 3. The van der Waals surface area contributed by atoms with Gasteiger partial charge in [0.2, 0.25) is 0 Å². The molecule has 0 saturated carbocycles. The zero-order valence-electron chi connectivity index (χ0n) is 11.1. The lowest BCUT2D eigenvalue weighted by molar-refractivity contribution is 0.160. The largest absolute Gasteiger partial charge is 0.307 e. The van der Waals surface area contributed by atoms with Crippen molar-refractivity contribution in [2.24, 2.45) is 7.05 Å². The zero-order chi connectivity index (χ0) is 12.3. The summed E-state index contributed by atoms with van der Waals surface area (Å²) < 4.78 is 1.75. The number of piperidine rings is 1. The number of aryl methyl sites for hydroxylation is 1. The van der Waals surface area contributed by atoms with Gasteiger partial charge in [0, 0.05) is 19.1 Å². The van der Waals surface area contributed by atoms with Crippen LogP contribution in [0.15, 0.2) is 6.33 Å². The summed E-state index contributed by atoms with van der Waals surface area (Å²) in [5, 5.41) is 7.82. The predicted molar refractivity (Wildman–Crippen MR) is 67.6 cm³/mol. The first-order valence-corrected chi connectivity index (χ1v) is 6.47. The van der Waals surface area contributed by atoms with Gasteiger partial charge in [-0.1, -0.05) is 0 Å². The van der Waals surface area contributed by atoms with Crippen LogP contribution < -0.4 is 5.32 Å². The normalized spacial score (nSPS) is 19.1. The van der Waals surface area contributed by atoms with E-state index in [1.807, 2.05) is 7.05 Å². The Morgan fingerprint density at radius 3 is 2.65 bits per heavy atom. The summed E-state index contributed by atoms with van der Waals surface area (Å²) in [6.45, 7) is 7.72. The molecule has 0 radical (unpaired) electrons. The molecule has 5 heteroatoms. The van der Waals surface area contributed by atoms with Gasteiger partial charge < -0.3 is 10.2 Å². The second kappa shape index (κ2) is 5.60. The molecule has 1 aliphatic heterocycles. The van der Waals surface area contributed by atoms with Crippen LogP contribution >= 0.6 is 0 Å². The molecule has 0 bridgehead atoms. The Labute approximate surface area is 103 Å². The Kier molecular flexibility index (Phi) is 4.12. The summed E-state index contributed by atoms with van der Waals surface area (Å²) in [5.41, 5.74) is 0. The Bertz CT molecular complexity index is 338. The van der Waals surface area contributed by atoms with E-state index in [1.165, 1.54) is 25.9 Å². The van der Waals surface area contributed by atoms with Crippen LogP contribution in [0.1, 0.15) is 32.5 Å². The molecule has 96 valence electrons. The number of hydrogen-bond donors (Lipinski definition) is 1. The average Bonchev–Trinajstić information content (AvgIpc) is 2.73. The summed E-state index contributed by atoms with van der Waals surface area (Å²) in [4.78, 5) is 6.76. The summed E-state index contributed by atoms with van der Waals surface area (Å²) >= 11 is 0. The molecule has 1 N–H and O–H groups in total. The molecule has 1 aliphatic rings. The lowest BCUT2D eigenvalue weighted by Gasteiger charge is -2.34. The number of rotatable bonds is 4. The van der Waals surface area contributed by atoms with Crippen LogP contribution in [-0.4, -0.2) is 44.8 Å². The van der Waals surface area contributed by atoms with E-state index in [4.69, 9.17) is 0 Å². The van der Waals surface area contributed by atoms with Crippen molar-refractivity contribution in [3.05, 3.63) is 12.2 Å². The molecule has 17 heavy (non-hydrogen) atoms. The van der Waals surface area contributed by atoms with Crippen LogP contribution in [0.25, 0.3) is 0 Å². The van der Waals surface area contributed by atoms with Crippen molar-refractivity contribution in [1.29, 1.82) is 0 Å². The summed E-state index contributed by atoms with van der Waals surface area (Å²) in [5.74, 6) is 0.888. The van der Waals surface area contributed by atoms with Gasteiger partial charge in [-0.3, -0.25) is 4.68 Å². The molecular formula is C12H23N5. The molecule has 5 nitrogen and oxygen atoms in total. The Morgan fingerprint density at radius 2 is 2.12 bits per heavy atom. The van der Waals surface area contributed by atoms with Crippen molar-refractivity contribution in [3.63, 3.8) is 0 Å². The van der Waals surface area contributed by atoms with Crippen LogP contribution in [0.2, 0.25) is 0 Å². The van der Waals surface area contributed by atoms with E-state index in [0.29, 0.717) is 12.1 Å². The third kappa shape index (κ3) is 3.51. The highest BCUT2D eigenvalue weighted by Crippen LogP contribution is 2.13. The van der Waals surface area contributed by atoms with Gasteiger partial charge in [-0.15, -0.1) is 0 Å². The van der Waals surface area contributed by atoms with Gasteiger partial charge in [0.05, 0.1) is 6.54 Å². The minimum atomic E-state index is 0.619. The highest BCUT2D eigenvalue weighted by molar-refractivity contribution is 4.84. The molecule has 1 saturated heterocycles. The summed E-state index contributed by atoms with van der Waals surface area (Å²) in [6, 6.07) is 1.29. The van der Waals surface area contributed by atoms with E-state index in [2.05, 4.69) is 34.1 Å². The first kappa shape index (κ1) is 12.5. The van der Waals surface area contributed by atoms with Crippen LogP contribution in [0.4, 0.5) is 0 Å². The van der Waals surface area contributed by atoms with E-state index >= 15 is 0 Å². The average molecular weight is 237 g/mol. The van der Waals surface area contributed by atoms with Crippen molar-refractivity contribution < 1.29 is 0 Å². The third-order valence-corrected chi connectivity index (χ3v) is 3.46. The summed E-state index contributed by atoms with van der Waals surface area (Å²) in [7, 11) is 1.90. The fourth-order valence-electron chi connectivity index (χ4n) is 2.32. The smallest absolute Gasteiger partial charge is 0.164 e. The molecule has 0 amide bonds. The van der Waals surface area contributed by atoms with Crippen molar-refractivity contribution in [2.75, 3.05) is 13.1 Å². The maximum absolute atomic E-state index is 4.27. The van der Waals surface area contributed by atoms with E-state index in [0.717, 1.165) is 12.4 Å². The number of nitrogens with one attached hydrogen (secondary N) is 1. The quantitative estimate of drug-likeness (QED) is 0.840. The Morgan fingerprint density at radius 1 is 1.41 bits per heavy atom. The fourth-order valence-corrected chi connectivity index (χ4v) is 2.32. The maximum Gasteiger partial charge on any atom is 0.164 e. The lowest BCUT2D eigenvalue weighted by Crippen LogP contribution is -2.44. The molecule has 0 unspecified atom stereocenters. The number of hydrogen-bond acceptors (Lipinski definition) is 4. The topological polar surface area (TPSA) is 46.0 Å². The van der Waals surface area contributed by atoms with Gasteiger partial charge in [0.15, 0.2) is 5.82 Å². The second-order valence-electron chi connectivity index (χ2n) is 5.12. The van der Waals surface area contributed by atoms with Crippen molar-refractivity contribution >= 4 is 0 Å². The first-order valence-electron chi connectivity index (χ1n) is 6.47. The van der Waals surface area contributed by atoms with E-state index in [9.17, 15) is 0 Å². The van der Waals surface area contributed by atoms with Crippen LogP contribution in [0.3, 0.4) is 0 Å². The lowest BCUT2D eigenvalue weighted by atomic mass is 10.0. The third-order valence-electron chi connectivity index (χ3n) is 3.46. The second-order valence-corrected chi connectivity index (χ2v) is 5.12. The molecule has 0 spiro atoms. The Balaban J connectivity index is 1.71. The van der Waals surface area contributed by atoms with Gasteiger partial charge >= 0.3 is 0 Å². The maximum atomic E-state index is 4.27.